The van der Waals surface area contributed by atoms with Crippen LogP contribution in [0.5, 0.6) is 0 Å². The molecule has 0 aromatic rings. The molecule has 2 bridgehead atoms. The van der Waals surface area contributed by atoms with Gasteiger partial charge in [0.15, 0.2) is 0 Å². The minimum atomic E-state index is 0.176. The number of likely N-dealkylation sites (tertiary alicyclic amines) is 1. The monoisotopic (exact) mass is 181 g/mol. The zero-order valence-corrected chi connectivity index (χ0v) is 7.95. The fourth-order valence-electron chi connectivity index (χ4n) is 2.45. The molecule has 0 N–H and O–H groups in total. The minimum absolute atomic E-state index is 0.176. The standard InChI is InChI=1S/C10H15NO2/c1-7(12)4-5-11-9-3-2-8(6-9)10(11)13/h8-9H,2-6H2,1H3. The fraction of sp³-hybridized carbons (Fsp3) is 0.800. The maximum absolute atomic E-state index is 11.6. The molecule has 0 aromatic carbocycles. The van der Waals surface area contributed by atoms with Crippen molar-refractivity contribution in [3.63, 3.8) is 0 Å². The summed E-state index contributed by atoms with van der Waals surface area (Å²) in [6, 6.07) is 0.455. The molecule has 1 aliphatic carbocycles. The fourth-order valence-corrected chi connectivity index (χ4v) is 2.45. The quantitative estimate of drug-likeness (QED) is 0.650. The van der Waals surface area contributed by atoms with E-state index in [-0.39, 0.29) is 17.6 Å². The molecule has 3 heteroatoms. The summed E-state index contributed by atoms with van der Waals surface area (Å²) in [6.45, 7) is 2.23. The lowest BCUT2D eigenvalue weighted by molar-refractivity contribution is -0.134. The van der Waals surface area contributed by atoms with Crippen molar-refractivity contribution in [2.75, 3.05) is 6.54 Å². The molecule has 2 aliphatic rings. The minimum Gasteiger partial charge on any atom is -0.339 e. The van der Waals surface area contributed by atoms with Crippen molar-refractivity contribution in [1.82, 2.24) is 4.90 Å². The van der Waals surface area contributed by atoms with Crippen LogP contribution in [0.2, 0.25) is 0 Å². The van der Waals surface area contributed by atoms with Gasteiger partial charge in [0, 0.05) is 24.9 Å². The second kappa shape index (κ2) is 3.13. The molecule has 2 fully saturated rings. The van der Waals surface area contributed by atoms with Gasteiger partial charge in [0.25, 0.3) is 0 Å². The van der Waals surface area contributed by atoms with Gasteiger partial charge in [-0.15, -0.1) is 0 Å². The Bertz CT molecular complexity index is 249. The summed E-state index contributed by atoms with van der Waals surface area (Å²) in [5.41, 5.74) is 0. The highest BCUT2D eigenvalue weighted by atomic mass is 16.2. The van der Waals surface area contributed by atoms with Crippen molar-refractivity contribution in [3.8, 4) is 0 Å². The number of rotatable bonds is 3. The summed E-state index contributed by atoms with van der Waals surface area (Å²) in [4.78, 5) is 24.3. The summed E-state index contributed by atoms with van der Waals surface area (Å²) >= 11 is 0. The SMILES string of the molecule is CC(=O)CCN1C(=O)C2CCC1C2. The molecule has 0 spiro atoms. The highest BCUT2D eigenvalue weighted by Crippen LogP contribution is 2.38. The van der Waals surface area contributed by atoms with E-state index in [0.29, 0.717) is 19.0 Å². The molecule has 3 nitrogen and oxygen atoms in total. The molecule has 13 heavy (non-hydrogen) atoms. The van der Waals surface area contributed by atoms with E-state index < -0.39 is 0 Å². The van der Waals surface area contributed by atoms with Gasteiger partial charge in [-0.3, -0.25) is 9.59 Å². The van der Waals surface area contributed by atoms with E-state index in [1.807, 2.05) is 4.90 Å². The third-order valence-corrected chi connectivity index (χ3v) is 3.18. The zero-order chi connectivity index (χ0) is 9.42. The Morgan fingerprint density at radius 3 is 2.85 bits per heavy atom. The van der Waals surface area contributed by atoms with Crippen LogP contribution < -0.4 is 0 Å². The molecule has 1 saturated carbocycles. The number of amides is 1. The third-order valence-electron chi connectivity index (χ3n) is 3.18. The maximum Gasteiger partial charge on any atom is 0.226 e. The highest BCUT2D eigenvalue weighted by molar-refractivity contribution is 5.83. The first-order valence-electron chi connectivity index (χ1n) is 4.98. The van der Waals surface area contributed by atoms with E-state index >= 15 is 0 Å². The molecule has 1 aliphatic heterocycles. The first-order chi connectivity index (χ1) is 6.18. The lowest BCUT2D eigenvalue weighted by Crippen LogP contribution is -2.38. The van der Waals surface area contributed by atoms with Gasteiger partial charge >= 0.3 is 0 Å². The Balaban J connectivity index is 1.93. The van der Waals surface area contributed by atoms with Gasteiger partial charge in [0.05, 0.1) is 0 Å². The van der Waals surface area contributed by atoms with Gasteiger partial charge in [0.1, 0.15) is 5.78 Å². The molecular formula is C10H15NO2. The third kappa shape index (κ3) is 1.47. The van der Waals surface area contributed by atoms with E-state index in [9.17, 15) is 9.59 Å². The molecule has 2 unspecified atom stereocenters. The van der Waals surface area contributed by atoms with E-state index in [1.54, 1.807) is 6.92 Å². The molecule has 2 rings (SSSR count). The van der Waals surface area contributed by atoms with E-state index in [2.05, 4.69) is 0 Å². The number of hydrogen-bond acceptors (Lipinski definition) is 2. The number of nitrogens with zero attached hydrogens (tertiary/aromatic N) is 1. The van der Waals surface area contributed by atoms with Gasteiger partial charge < -0.3 is 4.90 Å². The van der Waals surface area contributed by atoms with Crippen LogP contribution in [0.1, 0.15) is 32.6 Å². The predicted molar refractivity (Wildman–Crippen MR) is 48.1 cm³/mol. The van der Waals surface area contributed by atoms with E-state index in [1.165, 1.54) is 0 Å². The van der Waals surface area contributed by atoms with Crippen LogP contribution in [0.3, 0.4) is 0 Å². The molecule has 1 saturated heterocycles. The molecule has 2 atom stereocenters. The first kappa shape index (κ1) is 8.73. The molecule has 72 valence electrons. The molecule has 1 amide bonds. The Labute approximate surface area is 78.1 Å². The Morgan fingerprint density at radius 1 is 1.54 bits per heavy atom. The summed E-state index contributed by atoms with van der Waals surface area (Å²) in [7, 11) is 0. The Morgan fingerprint density at radius 2 is 2.31 bits per heavy atom. The van der Waals surface area contributed by atoms with Gasteiger partial charge in [-0.05, 0) is 26.2 Å². The Kier molecular flexibility index (Phi) is 2.10. The summed E-state index contributed by atoms with van der Waals surface area (Å²) in [6.07, 6.45) is 3.78. The van der Waals surface area contributed by atoms with Crippen LogP contribution in [-0.2, 0) is 9.59 Å². The smallest absolute Gasteiger partial charge is 0.226 e. The lowest BCUT2D eigenvalue weighted by atomic mass is 10.1. The van der Waals surface area contributed by atoms with Crippen molar-refractivity contribution >= 4 is 11.7 Å². The first-order valence-corrected chi connectivity index (χ1v) is 4.98. The van der Waals surface area contributed by atoms with Crippen molar-refractivity contribution < 1.29 is 9.59 Å². The van der Waals surface area contributed by atoms with Crippen molar-refractivity contribution in [3.05, 3.63) is 0 Å². The van der Waals surface area contributed by atoms with Crippen LogP contribution in [0.25, 0.3) is 0 Å². The van der Waals surface area contributed by atoms with Gasteiger partial charge in [-0.1, -0.05) is 0 Å². The number of carbonyl (C=O) groups excluding carboxylic acids is 2. The van der Waals surface area contributed by atoms with Crippen LogP contribution in [0.15, 0.2) is 0 Å². The second-order valence-electron chi connectivity index (χ2n) is 4.15. The normalized spacial score (nSPS) is 31.5. The van der Waals surface area contributed by atoms with Crippen molar-refractivity contribution in [2.45, 2.75) is 38.6 Å². The van der Waals surface area contributed by atoms with Crippen LogP contribution in [0.4, 0.5) is 0 Å². The average Bonchev–Trinajstić information content (AvgIpc) is 2.61. The second-order valence-corrected chi connectivity index (χ2v) is 4.15. The molecule has 1 heterocycles. The number of piperidine rings is 1. The topological polar surface area (TPSA) is 37.4 Å². The highest BCUT2D eigenvalue weighted by Gasteiger charge is 2.43. The number of Topliss-reactive ketones (excluding diaryl/α,β-unsaturated/α-hetero) is 1. The average molecular weight is 181 g/mol. The van der Waals surface area contributed by atoms with E-state index in [0.717, 1.165) is 19.3 Å². The summed E-state index contributed by atoms with van der Waals surface area (Å²) in [5.74, 6) is 0.755. The number of carbonyl (C=O) groups is 2. The van der Waals surface area contributed by atoms with Crippen molar-refractivity contribution in [2.24, 2.45) is 5.92 Å². The largest absolute Gasteiger partial charge is 0.339 e. The van der Waals surface area contributed by atoms with Crippen molar-refractivity contribution in [1.29, 1.82) is 0 Å². The predicted octanol–water partition coefficient (Wildman–Crippen LogP) is 0.976. The van der Waals surface area contributed by atoms with Crippen LogP contribution >= 0.6 is 0 Å². The lowest BCUT2D eigenvalue weighted by Gasteiger charge is -2.26. The van der Waals surface area contributed by atoms with Gasteiger partial charge in [-0.2, -0.15) is 0 Å². The molecule has 0 radical (unpaired) electrons. The Hall–Kier alpha value is -0.860. The van der Waals surface area contributed by atoms with Gasteiger partial charge in [-0.25, -0.2) is 0 Å². The van der Waals surface area contributed by atoms with Crippen LogP contribution in [-0.4, -0.2) is 29.2 Å². The van der Waals surface area contributed by atoms with Crippen LogP contribution in [0, 0.1) is 5.92 Å². The zero-order valence-electron chi connectivity index (χ0n) is 7.95. The summed E-state index contributed by atoms with van der Waals surface area (Å²) in [5, 5.41) is 0. The molecule has 0 aromatic heterocycles. The van der Waals surface area contributed by atoms with Gasteiger partial charge in [0.2, 0.25) is 5.91 Å². The number of fused-ring (bicyclic) bond motifs is 2. The molecular weight excluding hydrogens is 166 g/mol. The number of hydrogen-bond donors (Lipinski definition) is 0. The maximum atomic E-state index is 11.6. The van der Waals surface area contributed by atoms with E-state index in [4.69, 9.17) is 0 Å². The summed E-state index contributed by atoms with van der Waals surface area (Å²) < 4.78 is 0. The number of ketones is 1.